The van der Waals surface area contributed by atoms with Crippen molar-refractivity contribution in [1.29, 1.82) is 0 Å². The number of nitrogen functional groups attached to an aromatic ring is 1. The summed E-state index contributed by atoms with van der Waals surface area (Å²) in [6, 6.07) is 3.87. The molecule has 0 aromatic heterocycles. The molecule has 1 aromatic rings. The van der Waals surface area contributed by atoms with Gasteiger partial charge in [-0.3, -0.25) is 14.5 Å². The second-order valence-electron chi connectivity index (χ2n) is 5.06. The molecule has 0 fully saturated rings. The fraction of sp³-hybridized carbons (Fsp3) is 0.429. The van der Waals surface area contributed by atoms with Crippen molar-refractivity contribution in [2.24, 2.45) is 5.73 Å². The number of halogens is 1. The number of amides is 2. The average molecular weight is 296 g/mol. The third-order valence-electron chi connectivity index (χ3n) is 3.00. The van der Waals surface area contributed by atoms with E-state index in [2.05, 4.69) is 5.32 Å². The summed E-state index contributed by atoms with van der Waals surface area (Å²) >= 11 is 0. The predicted octanol–water partition coefficient (Wildman–Crippen LogP) is 0.932. The minimum Gasteiger partial charge on any atom is -0.397 e. The zero-order valence-electron chi connectivity index (χ0n) is 12.2. The number of anilines is 2. The van der Waals surface area contributed by atoms with Crippen LogP contribution in [0.4, 0.5) is 15.8 Å². The standard InChI is InChI=1S/C14H21FN4O2/c1-9(2)19(8-13(17)20)6-5-14(21)18-12-4-3-10(15)7-11(12)16/h3-4,7,9H,5-6,8,16H2,1-2H3,(H2,17,20)(H,18,21). The van der Waals surface area contributed by atoms with Crippen LogP contribution >= 0.6 is 0 Å². The van der Waals surface area contributed by atoms with Crippen molar-refractivity contribution in [3.05, 3.63) is 24.0 Å². The number of primary amides is 1. The molecule has 0 atom stereocenters. The lowest BCUT2D eigenvalue weighted by molar-refractivity contribution is -0.121. The second-order valence-corrected chi connectivity index (χ2v) is 5.06. The molecule has 2 amide bonds. The van der Waals surface area contributed by atoms with E-state index in [4.69, 9.17) is 11.5 Å². The van der Waals surface area contributed by atoms with Crippen molar-refractivity contribution in [3.63, 3.8) is 0 Å². The Labute approximate surface area is 123 Å². The molecule has 0 radical (unpaired) electrons. The van der Waals surface area contributed by atoms with Crippen LogP contribution in [0.15, 0.2) is 18.2 Å². The van der Waals surface area contributed by atoms with Gasteiger partial charge in [0.15, 0.2) is 0 Å². The van der Waals surface area contributed by atoms with Gasteiger partial charge in [-0.05, 0) is 32.0 Å². The molecule has 1 aromatic carbocycles. The Morgan fingerprint density at radius 1 is 1.38 bits per heavy atom. The number of hydrogen-bond acceptors (Lipinski definition) is 4. The maximum absolute atomic E-state index is 12.9. The van der Waals surface area contributed by atoms with Crippen LogP contribution in [0, 0.1) is 5.82 Å². The van der Waals surface area contributed by atoms with E-state index in [1.807, 2.05) is 13.8 Å². The molecule has 116 valence electrons. The highest BCUT2D eigenvalue weighted by Gasteiger charge is 2.14. The van der Waals surface area contributed by atoms with Crippen LogP contribution < -0.4 is 16.8 Å². The number of rotatable bonds is 7. The molecule has 1 rings (SSSR count). The summed E-state index contributed by atoms with van der Waals surface area (Å²) in [5.74, 6) is -1.16. The van der Waals surface area contributed by atoms with Crippen LogP contribution in [-0.2, 0) is 9.59 Å². The average Bonchev–Trinajstić information content (AvgIpc) is 2.37. The van der Waals surface area contributed by atoms with Gasteiger partial charge in [-0.25, -0.2) is 4.39 Å². The van der Waals surface area contributed by atoms with Crippen LogP contribution in [-0.4, -0.2) is 35.8 Å². The van der Waals surface area contributed by atoms with Gasteiger partial charge in [-0.1, -0.05) is 0 Å². The first-order valence-electron chi connectivity index (χ1n) is 6.67. The number of carbonyl (C=O) groups excluding carboxylic acids is 2. The Balaban J connectivity index is 2.54. The Morgan fingerprint density at radius 2 is 2.05 bits per heavy atom. The van der Waals surface area contributed by atoms with Crippen LogP contribution in [0.1, 0.15) is 20.3 Å². The maximum atomic E-state index is 12.9. The fourth-order valence-corrected chi connectivity index (χ4v) is 1.83. The topological polar surface area (TPSA) is 101 Å². The van der Waals surface area contributed by atoms with E-state index < -0.39 is 11.7 Å². The van der Waals surface area contributed by atoms with E-state index in [0.717, 1.165) is 6.07 Å². The van der Waals surface area contributed by atoms with Gasteiger partial charge in [-0.15, -0.1) is 0 Å². The molecule has 5 N–H and O–H groups in total. The van der Waals surface area contributed by atoms with E-state index >= 15 is 0 Å². The molecule has 21 heavy (non-hydrogen) atoms. The number of nitrogens with one attached hydrogen (secondary N) is 1. The minimum atomic E-state index is -0.460. The molecule has 0 saturated heterocycles. The summed E-state index contributed by atoms with van der Waals surface area (Å²) < 4.78 is 12.9. The SMILES string of the molecule is CC(C)N(CCC(=O)Nc1ccc(F)cc1N)CC(N)=O. The van der Waals surface area contributed by atoms with Crippen molar-refractivity contribution in [3.8, 4) is 0 Å². The Bertz CT molecular complexity index is 520. The quantitative estimate of drug-likeness (QED) is 0.651. The van der Waals surface area contributed by atoms with E-state index in [9.17, 15) is 14.0 Å². The van der Waals surface area contributed by atoms with Gasteiger partial charge >= 0.3 is 0 Å². The molecule has 0 aliphatic rings. The minimum absolute atomic E-state index is 0.0983. The van der Waals surface area contributed by atoms with Crippen LogP contribution in [0.3, 0.4) is 0 Å². The normalized spacial score (nSPS) is 10.9. The van der Waals surface area contributed by atoms with Crippen molar-refractivity contribution in [2.75, 3.05) is 24.1 Å². The summed E-state index contributed by atoms with van der Waals surface area (Å²) in [7, 11) is 0. The molecular weight excluding hydrogens is 275 g/mol. The summed E-state index contributed by atoms with van der Waals surface area (Å²) in [5, 5.41) is 2.61. The van der Waals surface area contributed by atoms with Gasteiger partial charge in [-0.2, -0.15) is 0 Å². The van der Waals surface area contributed by atoms with E-state index in [1.165, 1.54) is 12.1 Å². The van der Waals surface area contributed by atoms with E-state index in [0.29, 0.717) is 12.2 Å². The highest BCUT2D eigenvalue weighted by atomic mass is 19.1. The molecule has 6 nitrogen and oxygen atoms in total. The monoisotopic (exact) mass is 296 g/mol. The van der Waals surface area contributed by atoms with E-state index in [-0.39, 0.29) is 30.6 Å². The third-order valence-corrected chi connectivity index (χ3v) is 3.00. The number of nitrogens with zero attached hydrogens (tertiary/aromatic N) is 1. The van der Waals surface area contributed by atoms with Crippen LogP contribution in [0.2, 0.25) is 0 Å². The Morgan fingerprint density at radius 3 is 2.57 bits per heavy atom. The first-order chi connectivity index (χ1) is 9.79. The lowest BCUT2D eigenvalue weighted by Crippen LogP contribution is -2.40. The Kier molecular flexibility index (Phi) is 6.10. The summed E-state index contributed by atoms with van der Waals surface area (Å²) in [6.45, 7) is 4.33. The Hall–Kier alpha value is -2.15. The summed E-state index contributed by atoms with van der Waals surface area (Å²) in [5.41, 5.74) is 11.3. The van der Waals surface area contributed by atoms with Gasteiger partial charge in [0.25, 0.3) is 0 Å². The summed E-state index contributed by atoms with van der Waals surface area (Å²) in [4.78, 5) is 24.6. The fourth-order valence-electron chi connectivity index (χ4n) is 1.83. The van der Waals surface area contributed by atoms with Gasteiger partial charge in [0.2, 0.25) is 11.8 Å². The van der Waals surface area contributed by atoms with Gasteiger partial charge < -0.3 is 16.8 Å². The number of benzene rings is 1. The van der Waals surface area contributed by atoms with Crippen molar-refractivity contribution in [1.82, 2.24) is 4.90 Å². The van der Waals surface area contributed by atoms with Crippen LogP contribution in [0.5, 0.6) is 0 Å². The second kappa shape index (κ2) is 7.58. The zero-order valence-corrected chi connectivity index (χ0v) is 12.2. The van der Waals surface area contributed by atoms with E-state index in [1.54, 1.807) is 4.90 Å². The number of hydrogen-bond donors (Lipinski definition) is 3. The third kappa shape index (κ3) is 5.78. The highest BCUT2D eigenvalue weighted by molar-refractivity contribution is 5.93. The zero-order chi connectivity index (χ0) is 16.0. The molecule has 0 unspecified atom stereocenters. The lowest BCUT2D eigenvalue weighted by atomic mass is 10.2. The molecule has 0 spiro atoms. The highest BCUT2D eigenvalue weighted by Crippen LogP contribution is 2.19. The summed E-state index contributed by atoms with van der Waals surface area (Å²) in [6.07, 6.45) is 0.183. The molecule has 0 bridgehead atoms. The molecule has 0 aliphatic carbocycles. The van der Waals surface area contributed by atoms with Gasteiger partial charge in [0.1, 0.15) is 5.82 Å². The molecule has 0 heterocycles. The molecule has 0 saturated carbocycles. The van der Waals surface area contributed by atoms with Crippen LogP contribution in [0.25, 0.3) is 0 Å². The number of carbonyl (C=O) groups is 2. The van der Waals surface area contributed by atoms with Crippen molar-refractivity contribution < 1.29 is 14.0 Å². The lowest BCUT2D eigenvalue weighted by Gasteiger charge is -2.24. The first kappa shape index (κ1) is 16.9. The van der Waals surface area contributed by atoms with Crippen molar-refractivity contribution in [2.45, 2.75) is 26.3 Å². The van der Waals surface area contributed by atoms with Crippen molar-refractivity contribution >= 4 is 23.2 Å². The maximum Gasteiger partial charge on any atom is 0.231 e. The molecule has 0 aliphatic heterocycles. The number of nitrogens with two attached hydrogens (primary N) is 2. The predicted molar refractivity (Wildman–Crippen MR) is 80.0 cm³/mol. The first-order valence-corrected chi connectivity index (χ1v) is 6.67. The molecule has 7 heteroatoms. The van der Waals surface area contributed by atoms with Gasteiger partial charge in [0, 0.05) is 19.0 Å². The smallest absolute Gasteiger partial charge is 0.231 e. The van der Waals surface area contributed by atoms with Gasteiger partial charge in [0.05, 0.1) is 17.9 Å². The molecular formula is C14H21FN4O2. The largest absolute Gasteiger partial charge is 0.397 e.